The largest absolute Gasteiger partial charge is 0.491 e. The predicted molar refractivity (Wildman–Crippen MR) is 155 cm³/mol. The van der Waals surface area contributed by atoms with Crippen LogP contribution in [0, 0.1) is 5.92 Å². The van der Waals surface area contributed by atoms with Gasteiger partial charge in [0, 0.05) is 6.42 Å². The average Bonchev–Trinajstić information content (AvgIpc) is 3.72. The van der Waals surface area contributed by atoms with Crippen molar-refractivity contribution in [2.24, 2.45) is 11.7 Å². The standard InChI is InChI=1S/C31H41N5O5/c1-19(2)15-23-18-41-24-11-9-22(10-12-24)16-25(32)28(38)33-20(3)27(37)36-31(13-14-31)30(40)35-26(29(39)34-23)17-21-7-5-4-6-8-21/h4-12,19-20,23,25-26H,13-18,32H2,1-3H3,(H,33,38)(H,34,39)(H,35,40)(H,36,37)/t20-,23+,25+,26-/m1/s1. The number of ether oxygens (including phenoxy) is 1. The Hall–Kier alpha value is -3.92. The Balaban J connectivity index is 1.61. The molecule has 41 heavy (non-hydrogen) atoms. The molecule has 0 unspecified atom stereocenters. The maximum absolute atomic E-state index is 13.6. The fraction of sp³-hybridized carbons (Fsp3) is 0.484. The number of nitrogens with one attached hydrogen (secondary N) is 4. The molecule has 4 atom stereocenters. The van der Waals surface area contributed by atoms with E-state index in [0.29, 0.717) is 30.9 Å². The van der Waals surface area contributed by atoms with Gasteiger partial charge < -0.3 is 31.7 Å². The third-order valence-corrected chi connectivity index (χ3v) is 7.47. The van der Waals surface area contributed by atoms with Gasteiger partial charge in [-0.3, -0.25) is 19.2 Å². The van der Waals surface area contributed by atoms with Gasteiger partial charge in [-0.25, -0.2) is 0 Å². The Bertz CT molecular complexity index is 1230. The molecule has 1 fully saturated rings. The third kappa shape index (κ3) is 8.29. The van der Waals surface area contributed by atoms with Gasteiger partial charge in [0.2, 0.25) is 23.6 Å². The highest BCUT2D eigenvalue weighted by Crippen LogP contribution is 2.36. The minimum absolute atomic E-state index is 0.245. The van der Waals surface area contributed by atoms with E-state index in [9.17, 15) is 19.2 Å². The molecule has 2 heterocycles. The second-order valence-corrected chi connectivity index (χ2v) is 11.6. The molecule has 4 amide bonds. The molecule has 2 aliphatic heterocycles. The Morgan fingerprint density at radius 2 is 1.59 bits per heavy atom. The van der Waals surface area contributed by atoms with E-state index in [1.165, 1.54) is 0 Å². The number of amides is 4. The number of nitrogens with two attached hydrogens (primary N) is 1. The van der Waals surface area contributed by atoms with E-state index in [2.05, 4.69) is 35.1 Å². The first-order valence-corrected chi connectivity index (χ1v) is 14.3. The number of rotatable bonds is 4. The van der Waals surface area contributed by atoms with E-state index in [1.807, 2.05) is 42.5 Å². The Kier molecular flexibility index (Phi) is 9.65. The molecule has 5 rings (SSSR count). The summed E-state index contributed by atoms with van der Waals surface area (Å²) in [5.74, 6) is -0.790. The first-order chi connectivity index (χ1) is 19.5. The molecule has 2 aromatic carbocycles. The SMILES string of the molecule is CC(C)C[C@H]1COc2ccc(cc2)C[C@H](N)C(=O)N[C@H](C)C(=O)NC2(CC2)C(=O)N[C@H](Cc2ccccc2)C(=O)N1. The van der Waals surface area contributed by atoms with Gasteiger partial charge >= 0.3 is 0 Å². The zero-order valence-electron chi connectivity index (χ0n) is 23.9. The van der Waals surface area contributed by atoms with Crippen molar-refractivity contribution < 1.29 is 23.9 Å². The van der Waals surface area contributed by atoms with Crippen LogP contribution in [0.3, 0.4) is 0 Å². The molecule has 3 aliphatic rings. The Morgan fingerprint density at radius 3 is 2.22 bits per heavy atom. The lowest BCUT2D eigenvalue weighted by atomic mass is 10.0. The summed E-state index contributed by atoms with van der Waals surface area (Å²) in [6.07, 6.45) is 2.11. The van der Waals surface area contributed by atoms with Crippen molar-refractivity contribution in [2.45, 2.75) is 82.6 Å². The quantitative estimate of drug-likeness (QED) is 0.355. The summed E-state index contributed by atoms with van der Waals surface area (Å²) in [6, 6.07) is 13.8. The van der Waals surface area contributed by atoms with Gasteiger partial charge in [-0.15, -0.1) is 0 Å². The van der Waals surface area contributed by atoms with Crippen molar-refractivity contribution in [1.82, 2.24) is 21.3 Å². The van der Waals surface area contributed by atoms with Gasteiger partial charge in [0.25, 0.3) is 0 Å². The van der Waals surface area contributed by atoms with E-state index < -0.39 is 41.4 Å². The van der Waals surface area contributed by atoms with E-state index in [1.54, 1.807) is 19.1 Å². The molecule has 1 saturated carbocycles. The third-order valence-electron chi connectivity index (χ3n) is 7.47. The predicted octanol–water partition coefficient (Wildman–Crippen LogP) is 1.36. The molecule has 10 nitrogen and oxygen atoms in total. The Morgan fingerprint density at radius 1 is 0.902 bits per heavy atom. The van der Waals surface area contributed by atoms with Crippen molar-refractivity contribution >= 4 is 23.6 Å². The van der Waals surface area contributed by atoms with Crippen LogP contribution in [0.25, 0.3) is 0 Å². The average molecular weight is 564 g/mol. The van der Waals surface area contributed by atoms with Crippen LogP contribution < -0.4 is 31.7 Å². The van der Waals surface area contributed by atoms with Gasteiger partial charge in [-0.1, -0.05) is 56.3 Å². The van der Waals surface area contributed by atoms with Gasteiger partial charge in [0.05, 0.1) is 12.1 Å². The summed E-state index contributed by atoms with van der Waals surface area (Å²) in [5.41, 5.74) is 6.73. The smallest absolute Gasteiger partial charge is 0.246 e. The van der Waals surface area contributed by atoms with Crippen molar-refractivity contribution in [3.8, 4) is 5.75 Å². The van der Waals surface area contributed by atoms with Crippen molar-refractivity contribution in [3.05, 3.63) is 65.7 Å². The van der Waals surface area contributed by atoms with Crippen LogP contribution in [0.5, 0.6) is 5.75 Å². The number of benzene rings is 2. The lowest BCUT2D eigenvalue weighted by Crippen LogP contribution is -2.59. The number of hydrogen-bond acceptors (Lipinski definition) is 6. The zero-order chi connectivity index (χ0) is 29.6. The molecule has 2 bridgehead atoms. The van der Waals surface area contributed by atoms with E-state index in [0.717, 1.165) is 11.1 Å². The van der Waals surface area contributed by atoms with Crippen molar-refractivity contribution in [1.29, 1.82) is 0 Å². The van der Waals surface area contributed by atoms with Gasteiger partial charge in [-0.2, -0.15) is 0 Å². The molecule has 2 aromatic rings. The fourth-order valence-electron chi connectivity index (χ4n) is 4.92. The molecular formula is C31H41N5O5. The minimum atomic E-state index is -1.13. The van der Waals surface area contributed by atoms with Gasteiger partial charge in [0.1, 0.15) is 30.0 Å². The maximum atomic E-state index is 13.6. The summed E-state index contributed by atoms with van der Waals surface area (Å²) in [6.45, 7) is 5.93. The highest BCUT2D eigenvalue weighted by atomic mass is 16.5. The van der Waals surface area contributed by atoms with Crippen LogP contribution in [0.4, 0.5) is 0 Å². The number of carbonyl (C=O) groups excluding carboxylic acids is 4. The summed E-state index contributed by atoms with van der Waals surface area (Å²) in [4.78, 5) is 52.8. The molecule has 220 valence electrons. The van der Waals surface area contributed by atoms with Crippen molar-refractivity contribution in [2.75, 3.05) is 6.61 Å². The molecule has 1 spiro atoms. The van der Waals surface area contributed by atoms with Gasteiger partial charge in [-0.05, 0) is 61.8 Å². The number of hydrogen-bond donors (Lipinski definition) is 5. The highest BCUT2D eigenvalue weighted by Gasteiger charge is 2.52. The minimum Gasteiger partial charge on any atom is -0.491 e. The van der Waals surface area contributed by atoms with Crippen LogP contribution in [0.1, 0.15) is 51.2 Å². The molecule has 1 aliphatic carbocycles. The lowest BCUT2D eigenvalue weighted by Gasteiger charge is -2.27. The van der Waals surface area contributed by atoms with E-state index in [-0.39, 0.29) is 31.4 Å². The lowest BCUT2D eigenvalue weighted by molar-refractivity contribution is -0.134. The first-order valence-electron chi connectivity index (χ1n) is 14.3. The summed E-state index contributed by atoms with van der Waals surface area (Å²) in [7, 11) is 0. The summed E-state index contributed by atoms with van der Waals surface area (Å²) in [5, 5.41) is 11.4. The van der Waals surface area contributed by atoms with Gasteiger partial charge in [0.15, 0.2) is 0 Å². The van der Waals surface area contributed by atoms with Crippen LogP contribution in [0.2, 0.25) is 0 Å². The first kappa shape index (κ1) is 30.0. The molecule has 0 saturated heterocycles. The molecular weight excluding hydrogens is 522 g/mol. The maximum Gasteiger partial charge on any atom is 0.246 e. The van der Waals surface area contributed by atoms with Crippen LogP contribution in [-0.2, 0) is 32.0 Å². The Labute approximate surface area is 241 Å². The van der Waals surface area contributed by atoms with Crippen molar-refractivity contribution in [3.63, 3.8) is 0 Å². The monoisotopic (exact) mass is 563 g/mol. The second-order valence-electron chi connectivity index (χ2n) is 11.6. The molecule has 0 radical (unpaired) electrons. The second kappa shape index (κ2) is 13.2. The molecule has 6 N–H and O–H groups in total. The zero-order valence-corrected chi connectivity index (χ0v) is 23.9. The van der Waals surface area contributed by atoms with Crippen LogP contribution >= 0.6 is 0 Å². The fourth-order valence-corrected chi connectivity index (χ4v) is 4.92. The van der Waals surface area contributed by atoms with E-state index >= 15 is 0 Å². The van der Waals surface area contributed by atoms with E-state index in [4.69, 9.17) is 10.5 Å². The molecule has 0 aromatic heterocycles. The van der Waals surface area contributed by atoms with Crippen LogP contribution in [-0.4, -0.2) is 59.9 Å². The highest BCUT2D eigenvalue weighted by molar-refractivity contribution is 5.98. The molecule has 10 heteroatoms. The van der Waals surface area contributed by atoms with Crippen LogP contribution in [0.15, 0.2) is 54.6 Å². The summed E-state index contributed by atoms with van der Waals surface area (Å²) < 4.78 is 6.03. The normalized spacial score (nSPS) is 25.5. The number of fused-ring (bicyclic) bond motifs is 15. The number of carbonyl (C=O) groups is 4. The topological polar surface area (TPSA) is 152 Å². The summed E-state index contributed by atoms with van der Waals surface area (Å²) >= 11 is 0.